The number of nitrogens with zero attached hydrogens (tertiary/aromatic N) is 5. The van der Waals surface area contributed by atoms with Crippen LogP contribution in [0.1, 0.15) is 61.1 Å². The van der Waals surface area contributed by atoms with Gasteiger partial charge in [0.25, 0.3) is 0 Å². The number of carboxylic acids is 1. The van der Waals surface area contributed by atoms with E-state index < -0.39 is 5.97 Å². The molecule has 1 aromatic carbocycles. The van der Waals surface area contributed by atoms with Gasteiger partial charge in [0.1, 0.15) is 11.6 Å². The second kappa shape index (κ2) is 11.9. The normalized spacial score (nSPS) is 20.7. The van der Waals surface area contributed by atoms with Crippen LogP contribution in [0, 0.1) is 5.92 Å². The van der Waals surface area contributed by atoms with Crippen LogP contribution in [0.4, 0.5) is 5.82 Å². The molecule has 1 aliphatic carbocycles. The number of ether oxygens (including phenoxy) is 2. The maximum Gasteiger partial charge on any atom is 0.335 e. The van der Waals surface area contributed by atoms with E-state index in [1.165, 1.54) is 32.1 Å². The molecule has 2 aliphatic heterocycles. The second-order valence-corrected chi connectivity index (χ2v) is 11.2. The van der Waals surface area contributed by atoms with Gasteiger partial charge in [-0.25, -0.2) is 9.78 Å². The Hall–Kier alpha value is -3.17. The summed E-state index contributed by atoms with van der Waals surface area (Å²) >= 11 is 0. The fraction of sp³-hybridized carbons (Fsp3) is 0.567. The molecular formula is C30H39N5O4. The van der Waals surface area contributed by atoms with Crippen molar-refractivity contribution in [2.45, 2.75) is 64.1 Å². The Kier molecular flexibility index (Phi) is 7.97. The summed E-state index contributed by atoms with van der Waals surface area (Å²) in [6.07, 6.45) is 9.11. The molecular weight excluding hydrogens is 494 g/mol. The van der Waals surface area contributed by atoms with E-state index in [4.69, 9.17) is 19.4 Å². The first-order valence-corrected chi connectivity index (χ1v) is 14.5. The molecule has 0 bridgehead atoms. The van der Waals surface area contributed by atoms with Crippen molar-refractivity contribution in [1.82, 2.24) is 19.4 Å². The lowest BCUT2D eigenvalue weighted by Gasteiger charge is -2.35. The second-order valence-electron chi connectivity index (χ2n) is 11.2. The number of imidazole rings is 1. The van der Waals surface area contributed by atoms with Gasteiger partial charge in [0, 0.05) is 38.9 Å². The van der Waals surface area contributed by atoms with Crippen LogP contribution in [0.2, 0.25) is 0 Å². The van der Waals surface area contributed by atoms with Crippen molar-refractivity contribution in [3.8, 4) is 5.88 Å². The highest BCUT2D eigenvalue weighted by Crippen LogP contribution is 2.27. The number of carboxylic acid groups (broad SMARTS) is 1. The number of piperazine rings is 1. The van der Waals surface area contributed by atoms with Crippen LogP contribution in [-0.2, 0) is 17.8 Å². The molecule has 39 heavy (non-hydrogen) atoms. The van der Waals surface area contributed by atoms with E-state index in [9.17, 15) is 9.90 Å². The van der Waals surface area contributed by atoms with E-state index in [0.717, 1.165) is 93.3 Å². The first-order chi connectivity index (χ1) is 19.1. The SMILES string of the molecule is O=C(O)c1ccc2nc(CN3CCN(c4cccc(OCCC5CCCCC5)n4)CC3)n(CC3CCO3)c2c1. The lowest BCUT2D eigenvalue weighted by atomic mass is 9.87. The topological polar surface area (TPSA) is 93.0 Å². The van der Waals surface area contributed by atoms with Crippen LogP contribution in [0.15, 0.2) is 36.4 Å². The first-order valence-electron chi connectivity index (χ1n) is 14.5. The molecule has 1 N–H and O–H groups in total. The third-order valence-electron chi connectivity index (χ3n) is 8.52. The molecule has 9 heteroatoms. The Morgan fingerprint density at radius 3 is 2.59 bits per heavy atom. The van der Waals surface area contributed by atoms with Crippen LogP contribution in [0.25, 0.3) is 11.0 Å². The number of fused-ring (bicyclic) bond motifs is 1. The van der Waals surface area contributed by atoms with E-state index >= 15 is 0 Å². The molecule has 0 spiro atoms. The Balaban J connectivity index is 1.07. The predicted molar refractivity (Wildman–Crippen MR) is 149 cm³/mol. The van der Waals surface area contributed by atoms with Crippen LogP contribution >= 0.6 is 0 Å². The number of pyridine rings is 1. The number of aromatic carboxylic acids is 1. The molecule has 2 aromatic heterocycles. The number of carbonyl (C=O) groups is 1. The summed E-state index contributed by atoms with van der Waals surface area (Å²) < 4.78 is 13.9. The van der Waals surface area contributed by atoms with Gasteiger partial charge in [-0.15, -0.1) is 0 Å². The van der Waals surface area contributed by atoms with Crippen molar-refractivity contribution in [3.05, 3.63) is 47.8 Å². The van der Waals surface area contributed by atoms with E-state index in [-0.39, 0.29) is 11.7 Å². The average molecular weight is 534 g/mol. The van der Waals surface area contributed by atoms with Gasteiger partial charge in [0.2, 0.25) is 5.88 Å². The third-order valence-corrected chi connectivity index (χ3v) is 8.52. The minimum absolute atomic E-state index is 0.162. The van der Waals surface area contributed by atoms with Gasteiger partial charge in [-0.2, -0.15) is 4.98 Å². The van der Waals surface area contributed by atoms with Crippen LogP contribution in [0.3, 0.4) is 0 Å². The molecule has 9 nitrogen and oxygen atoms in total. The molecule has 1 saturated carbocycles. The van der Waals surface area contributed by atoms with Crippen molar-refractivity contribution in [3.63, 3.8) is 0 Å². The molecule has 2 saturated heterocycles. The zero-order valence-corrected chi connectivity index (χ0v) is 22.6. The largest absolute Gasteiger partial charge is 0.478 e. The number of aromatic nitrogens is 3. The van der Waals surface area contributed by atoms with Crippen molar-refractivity contribution in [2.75, 3.05) is 44.3 Å². The molecule has 1 atom stereocenters. The van der Waals surface area contributed by atoms with Crippen molar-refractivity contribution < 1.29 is 19.4 Å². The Bertz CT molecular complexity index is 1280. The molecule has 208 valence electrons. The molecule has 0 radical (unpaired) electrons. The summed E-state index contributed by atoms with van der Waals surface area (Å²) in [5.74, 6) is 2.54. The zero-order valence-electron chi connectivity index (χ0n) is 22.6. The molecule has 3 fully saturated rings. The highest BCUT2D eigenvalue weighted by molar-refractivity contribution is 5.92. The van der Waals surface area contributed by atoms with E-state index in [1.807, 2.05) is 18.2 Å². The van der Waals surface area contributed by atoms with Gasteiger partial charge in [0.15, 0.2) is 0 Å². The first kappa shape index (κ1) is 26.1. The smallest absolute Gasteiger partial charge is 0.335 e. The fourth-order valence-corrected chi connectivity index (χ4v) is 6.06. The van der Waals surface area contributed by atoms with E-state index in [1.54, 1.807) is 12.1 Å². The lowest BCUT2D eigenvalue weighted by molar-refractivity contribution is -0.0592. The number of rotatable bonds is 10. The van der Waals surface area contributed by atoms with Crippen LogP contribution in [0.5, 0.6) is 5.88 Å². The van der Waals surface area contributed by atoms with Crippen molar-refractivity contribution in [2.24, 2.45) is 5.92 Å². The summed E-state index contributed by atoms with van der Waals surface area (Å²) in [5, 5.41) is 9.49. The summed E-state index contributed by atoms with van der Waals surface area (Å²) in [7, 11) is 0. The number of hydrogen-bond donors (Lipinski definition) is 1. The van der Waals surface area contributed by atoms with Gasteiger partial charge in [0.05, 0.1) is 42.4 Å². The lowest BCUT2D eigenvalue weighted by Crippen LogP contribution is -2.46. The quantitative estimate of drug-likeness (QED) is 0.405. The van der Waals surface area contributed by atoms with Gasteiger partial charge >= 0.3 is 5.97 Å². The van der Waals surface area contributed by atoms with Crippen molar-refractivity contribution in [1.29, 1.82) is 0 Å². The summed E-state index contributed by atoms with van der Waals surface area (Å²) in [6, 6.07) is 11.3. The van der Waals surface area contributed by atoms with Gasteiger partial charge in [-0.1, -0.05) is 38.2 Å². The van der Waals surface area contributed by atoms with Crippen molar-refractivity contribution >= 4 is 22.8 Å². The fourth-order valence-electron chi connectivity index (χ4n) is 6.06. The maximum absolute atomic E-state index is 11.6. The van der Waals surface area contributed by atoms with Gasteiger partial charge in [-0.3, -0.25) is 4.90 Å². The minimum atomic E-state index is -0.922. The van der Waals surface area contributed by atoms with Crippen LogP contribution < -0.4 is 9.64 Å². The van der Waals surface area contributed by atoms with Gasteiger partial charge < -0.3 is 24.0 Å². The summed E-state index contributed by atoms with van der Waals surface area (Å²) in [4.78, 5) is 26.0. The highest BCUT2D eigenvalue weighted by Gasteiger charge is 2.25. The monoisotopic (exact) mass is 533 g/mol. The summed E-state index contributed by atoms with van der Waals surface area (Å²) in [5.41, 5.74) is 1.98. The Morgan fingerprint density at radius 1 is 1.03 bits per heavy atom. The zero-order chi connectivity index (χ0) is 26.6. The van der Waals surface area contributed by atoms with E-state index in [2.05, 4.69) is 20.4 Å². The van der Waals surface area contributed by atoms with Crippen LogP contribution in [-0.4, -0.2) is 76.0 Å². The molecule has 6 rings (SSSR count). The average Bonchev–Trinajstić information content (AvgIpc) is 3.27. The Labute approximate surface area is 229 Å². The summed E-state index contributed by atoms with van der Waals surface area (Å²) in [6.45, 7) is 6.52. The molecule has 3 aromatic rings. The van der Waals surface area contributed by atoms with E-state index in [0.29, 0.717) is 6.54 Å². The molecule has 1 unspecified atom stereocenters. The standard InChI is InChI=1S/C30H39N5O4/c36-30(37)23-9-10-25-26(19-23)35(20-24-12-18-38-24)28(31-25)21-33-13-15-34(16-14-33)27-7-4-8-29(32-27)39-17-11-22-5-2-1-3-6-22/h4,7-10,19,22,24H,1-3,5-6,11-18,20-21H2,(H,36,37). The number of hydrogen-bond acceptors (Lipinski definition) is 7. The third kappa shape index (κ3) is 6.20. The molecule has 4 heterocycles. The Morgan fingerprint density at radius 2 is 1.85 bits per heavy atom. The highest BCUT2D eigenvalue weighted by atomic mass is 16.5. The molecule has 3 aliphatic rings. The number of benzene rings is 1. The van der Waals surface area contributed by atoms with Gasteiger partial charge in [-0.05, 0) is 43.0 Å². The molecule has 0 amide bonds. The predicted octanol–water partition coefficient (Wildman–Crippen LogP) is 4.59. The maximum atomic E-state index is 11.6. The minimum Gasteiger partial charge on any atom is -0.478 e. The number of anilines is 1.